The van der Waals surface area contributed by atoms with Crippen molar-refractivity contribution in [3.63, 3.8) is 0 Å². The largest absolute Gasteiger partial charge is 0.466 e. The van der Waals surface area contributed by atoms with Gasteiger partial charge in [-0.05, 0) is 6.92 Å². The van der Waals surface area contributed by atoms with Crippen molar-refractivity contribution in [2.45, 2.75) is 20.0 Å². The van der Waals surface area contributed by atoms with Crippen LogP contribution in [0.3, 0.4) is 0 Å². The van der Waals surface area contributed by atoms with Gasteiger partial charge in [-0.25, -0.2) is 4.79 Å². The van der Waals surface area contributed by atoms with Crippen molar-refractivity contribution in [1.82, 2.24) is 0 Å². The molecule has 0 spiro atoms. The third kappa shape index (κ3) is 3.06. The Kier molecular flexibility index (Phi) is 3.46. The minimum absolute atomic E-state index is 0.488. The SMILES string of the molecule is COC(=O)[C@H](C)OC(C)=O. The Morgan fingerprint density at radius 3 is 2.20 bits per heavy atom. The molecule has 0 aliphatic heterocycles. The van der Waals surface area contributed by atoms with Gasteiger partial charge in [0.05, 0.1) is 7.11 Å². The van der Waals surface area contributed by atoms with Gasteiger partial charge in [-0.15, -0.1) is 0 Å². The molecule has 10 heavy (non-hydrogen) atoms. The van der Waals surface area contributed by atoms with Crippen LogP contribution in [-0.2, 0) is 19.1 Å². The van der Waals surface area contributed by atoms with Crippen LogP contribution in [0.2, 0.25) is 0 Å². The molecule has 0 rings (SSSR count). The molecule has 0 unspecified atom stereocenters. The summed E-state index contributed by atoms with van der Waals surface area (Å²) in [5.74, 6) is -1.03. The van der Waals surface area contributed by atoms with Crippen molar-refractivity contribution in [1.29, 1.82) is 0 Å². The van der Waals surface area contributed by atoms with Crippen molar-refractivity contribution >= 4 is 11.9 Å². The van der Waals surface area contributed by atoms with E-state index in [2.05, 4.69) is 9.47 Å². The number of esters is 2. The minimum atomic E-state index is -0.803. The first-order valence-electron chi connectivity index (χ1n) is 2.83. The van der Waals surface area contributed by atoms with Crippen LogP contribution in [0.1, 0.15) is 13.8 Å². The molecular weight excluding hydrogens is 136 g/mol. The van der Waals surface area contributed by atoms with E-state index in [1.54, 1.807) is 0 Å². The monoisotopic (exact) mass is 146 g/mol. The number of hydrogen-bond acceptors (Lipinski definition) is 4. The lowest BCUT2D eigenvalue weighted by atomic mass is 10.4. The number of rotatable bonds is 2. The Bertz CT molecular complexity index is 141. The first-order chi connectivity index (χ1) is 4.57. The summed E-state index contributed by atoms with van der Waals surface area (Å²) in [6.07, 6.45) is -0.803. The van der Waals surface area contributed by atoms with Gasteiger partial charge in [0.15, 0.2) is 6.10 Å². The Morgan fingerprint density at radius 2 is 1.90 bits per heavy atom. The number of carbonyl (C=O) groups excluding carboxylic acids is 2. The molecule has 0 saturated carbocycles. The van der Waals surface area contributed by atoms with Crippen molar-refractivity contribution in [3.8, 4) is 0 Å². The van der Waals surface area contributed by atoms with Gasteiger partial charge in [-0.3, -0.25) is 4.79 Å². The lowest BCUT2D eigenvalue weighted by molar-refractivity contribution is -0.163. The van der Waals surface area contributed by atoms with Crippen molar-refractivity contribution < 1.29 is 19.1 Å². The molecular formula is C6H10O4. The van der Waals surface area contributed by atoms with E-state index in [1.807, 2.05) is 0 Å². The molecule has 0 bridgehead atoms. The average molecular weight is 146 g/mol. The molecule has 4 nitrogen and oxygen atoms in total. The van der Waals surface area contributed by atoms with Crippen LogP contribution >= 0.6 is 0 Å². The molecule has 0 aromatic rings. The summed E-state index contributed by atoms with van der Waals surface area (Å²) in [6.45, 7) is 2.69. The summed E-state index contributed by atoms with van der Waals surface area (Å²) in [4.78, 5) is 20.8. The van der Waals surface area contributed by atoms with Crippen molar-refractivity contribution in [3.05, 3.63) is 0 Å². The molecule has 1 atom stereocenters. The van der Waals surface area contributed by atoms with Gasteiger partial charge >= 0.3 is 11.9 Å². The fraction of sp³-hybridized carbons (Fsp3) is 0.667. The number of ether oxygens (including phenoxy) is 2. The van der Waals surface area contributed by atoms with E-state index >= 15 is 0 Å². The normalized spacial score (nSPS) is 11.9. The van der Waals surface area contributed by atoms with Gasteiger partial charge in [0.25, 0.3) is 0 Å². The molecule has 0 N–H and O–H groups in total. The highest BCUT2D eigenvalue weighted by atomic mass is 16.6. The standard InChI is InChI=1S/C6H10O4/c1-4(6(8)9-3)10-5(2)7/h4H,1-3H3/t4-/m0/s1. The van der Waals surface area contributed by atoms with Crippen LogP contribution < -0.4 is 0 Å². The zero-order valence-corrected chi connectivity index (χ0v) is 6.21. The van der Waals surface area contributed by atoms with Crippen molar-refractivity contribution in [2.75, 3.05) is 7.11 Å². The van der Waals surface area contributed by atoms with Crippen LogP contribution in [0, 0.1) is 0 Å². The summed E-state index contributed by atoms with van der Waals surface area (Å²) in [6, 6.07) is 0. The summed E-state index contributed by atoms with van der Waals surface area (Å²) in [7, 11) is 1.24. The third-order valence-electron chi connectivity index (χ3n) is 0.876. The molecule has 0 aliphatic carbocycles. The molecule has 0 aliphatic rings. The van der Waals surface area contributed by atoms with Crippen LogP contribution in [-0.4, -0.2) is 25.2 Å². The zero-order chi connectivity index (χ0) is 8.15. The first kappa shape index (κ1) is 8.94. The highest BCUT2D eigenvalue weighted by molar-refractivity contribution is 5.77. The van der Waals surface area contributed by atoms with Gasteiger partial charge in [0.1, 0.15) is 0 Å². The summed E-state index contributed by atoms with van der Waals surface area (Å²) < 4.78 is 8.79. The maximum Gasteiger partial charge on any atom is 0.346 e. The minimum Gasteiger partial charge on any atom is -0.466 e. The lowest BCUT2D eigenvalue weighted by Crippen LogP contribution is -2.23. The maximum atomic E-state index is 10.5. The zero-order valence-electron chi connectivity index (χ0n) is 6.21. The number of hydrogen-bond donors (Lipinski definition) is 0. The van der Waals surface area contributed by atoms with Gasteiger partial charge in [-0.1, -0.05) is 0 Å². The number of carbonyl (C=O) groups is 2. The van der Waals surface area contributed by atoms with Crippen LogP contribution in [0.5, 0.6) is 0 Å². The molecule has 0 aromatic carbocycles. The molecule has 0 amide bonds. The topological polar surface area (TPSA) is 52.6 Å². The van der Waals surface area contributed by atoms with Gasteiger partial charge in [0, 0.05) is 6.92 Å². The van der Waals surface area contributed by atoms with E-state index in [9.17, 15) is 9.59 Å². The molecule has 4 heteroatoms. The predicted molar refractivity (Wildman–Crippen MR) is 33.2 cm³/mol. The van der Waals surface area contributed by atoms with E-state index in [1.165, 1.54) is 21.0 Å². The summed E-state index contributed by atoms with van der Waals surface area (Å²) >= 11 is 0. The highest BCUT2D eigenvalue weighted by Crippen LogP contribution is 1.92. The highest BCUT2D eigenvalue weighted by Gasteiger charge is 2.14. The number of methoxy groups -OCH3 is 1. The van der Waals surface area contributed by atoms with Gasteiger partial charge in [0.2, 0.25) is 0 Å². The van der Waals surface area contributed by atoms with E-state index < -0.39 is 18.0 Å². The molecule has 0 heterocycles. The molecule has 0 radical (unpaired) electrons. The van der Waals surface area contributed by atoms with Crippen molar-refractivity contribution in [2.24, 2.45) is 0 Å². The van der Waals surface area contributed by atoms with Gasteiger partial charge in [-0.2, -0.15) is 0 Å². The Hall–Kier alpha value is -1.06. The Balaban J connectivity index is 3.72. The molecule has 0 aromatic heterocycles. The van der Waals surface area contributed by atoms with Crippen LogP contribution in [0.4, 0.5) is 0 Å². The van der Waals surface area contributed by atoms with E-state index in [0.717, 1.165) is 0 Å². The fourth-order valence-electron chi connectivity index (χ4n) is 0.463. The van der Waals surface area contributed by atoms with Crippen LogP contribution in [0.15, 0.2) is 0 Å². The Labute approximate surface area is 59.1 Å². The molecule has 58 valence electrons. The van der Waals surface area contributed by atoms with Crippen LogP contribution in [0.25, 0.3) is 0 Å². The fourth-order valence-corrected chi connectivity index (χ4v) is 0.463. The molecule has 0 fully saturated rings. The predicted octanol–water partition coefficient (Wildman–Crippen LogP) is 0.111. The smallest absolute Gasteiger partial charge is 0.346 e. The van der Waals surface area contributed by atoms with E-state index in [4.69, 9.17) is 0 Å². The second kappa shape index (κ2) is 3.87. The summed E-state index contributed by atoms with van der Waals surface area (Å²) in [5, 5.41) is 0. The quantitative estimate of drug-likeness (QED) is 0.519. The first-order valence-corrected chi connectivity index (χ1v) is 2.83. The van der Waals surface area contributed by atoms with E-state index in [0.29, 0.717) is 0 Å². The molecule has 0 saturated heterocycles. The maximum absolute atomic E-state index is 10.5. The average Bonchev–Trinajstić information content (AvgIpc) is 1.85. The lowest BCUT2D eigenvalue weighted by Gasteiger charge is -2.07. The third-order valence-corrected chi connectivity index (χ3v) is 0.876. The Morgan fingerprint density at radius 1 is 1.40 bits per heavy atom. The van der Waals surface area contributed by atoms with E-state index in [-0.39, 0.29) is 0 Å². The second-order valence-electron chi connectivity index (χ2n) is 1.77. The van der Waals surface area contributed by atoms with Gasteiger partial charge < -0.3 is 9.47 Å². The second-order valence-corrected chi connectivity index (χ2v) is 1.77. The summed E-state index contributed by atoms with van der Waals surface area (Å²) in [5.41, 5.74) is 0.